The molecule has 4 rings (SSSR count). The number of carbonyl (C=O) groups excluding carboxylic acids is 1. The van der Waals surface area contributed by atoms with Gasteiger partial charge in [0.1, 0.15) is 17.8 Å². The van der Waals surface area contributed by atoms with Crippen molar-refractivity contribution in [1.82, 2.24) is 20.3 Å². The normalized spacial score (nSPS) is 28.4. The summed E-state index contributed by atoms with van der Waals surface area (Å²) in [6, 6.07) is 2.47. The summed E-state index contributed by atoms with van der Waals surface area (Å²) in [6.45, 7) is 0.831. The zero-order valence-electron chi connectivity index (χ0n) is 12.0. The molecule has 1 unspecified atom stereocenters. The van der Waals surface area contributed by atoms with E-state index < -0.39 is 0 Å². The first-order valence-electron chi connectivity index (χ1n) is 7.50. The van der Waals surface area contributed by atoms with E-state index in [9.17, 15) is 4.79 Å². The van der Waals surface area contributed by atoms with E-state index in [2.05, 4.69) is 32.2 Å². The molecule has 2 aromatic heterocycles. The SMILES string of the molecule is CN(c1ncnc2[nH]ccc12)[C@H]1CC2CNC(=O)C[C@H]2C1. The molecular weight excluding hydrogens is 266 g/mol. The molecular formula is C15H19N5O. The van der Waals surface area contributed by atoms with E-state index in [1.54, 1.807) is 6.33 Å². The molecule has 0 aromatic carbocycles. The largest absolute Gasteiger partial charge is 0.356 e. The summed E-state index contributed by atoms with van der Waals surface area (Å²) in [5.74, 6) is 2.31. The van der Waals surface area contributed by atoms with Crippen molar-refractivity contribution in [2.24, 2.45) is 11.8 Å². The van der Waals surface area contributed by atoms with Crippen LogP contribution < -0.4 is 10.2 Å². The van der Waals surface area contributed by atoms with Gasteiger partial charge in [-0.05, 0) is 30.7 Å². The van der Waals surface area contributed by atoms with Crippen LogP contribution in [0.4, 0.5) is 5.82 Å². The van der Waals surface area contributed by atoms with E-state index >= 15 is 0 Å². The lowest BCUT2D eigenvalue weighted by Gasteiger charge is -2.26. The van der Waals surface area contributed by atoms with Crippen LogP contribution in [-0.2, 0) is 4.79 Å². The van der Waals surface area contributed by atoms with Crippen molar-refractivity contribution in [1.29, 1.82) is 0 Å². The summed E-state index contributed by atoms with van der Waals surface area (Å²) >= 11 is 0. The Morgan fingerprint density at radius 3 is 3.05 bits per heavy atom. The Hall–Kier alpha value is -2.11. The average Bonchev–Trinajstić information content (AvgIpc) is 3.11. The fourth-order valence-electron chi connectivity index (χ4n) is 3.86. The van der Waals surface area contributed by atoms with Crippen LogP contribution >= 0.6 is 0 Å². The van der Waals surface area contributed by atoms with Gasteiger partial charge in [0.2, 0.25) is 5.91 Å². The number of nitrogens with zero attached hydrogens (tertiary/aromatic N) is 3. The first-order valence-corrected chi connectivity index (χ1v) is 7.50. The molecule has 1 aliphatic carbocycles. The lowest BCUT2D eigenvalue weighted by Crippen LogP contribution is -2.38. The molecule has 3 atom stereocenters. The van der Waals surface area contributed by atoms with E-state index in [0.717, 1.165) is 36.2 Å². The van der Waals surface area contributed by atoms with Crippen molar-refractivity contribution < 1.29 is 4.79 Å². The molecule has 3 heterocycles. The summed E-state index contributed by atoms with van der Waals surface area (Å²) in [4.78, 5) is 25.6. The number of anilines is 1. The van der Waals surface area contributed by atoms with Gasteiger partial charge in [0.05, 0.1) is 5.39 Å². The number of H-pyrrole nitrogens is 1. The van der Waals surface area contributed by atoms with Gasteiger partial charge < -0.3 is 15.2 Å². The molecule has 1 saturated carbocycles. The Morgan fingerprint density at radius 2 is 2.14 bits per heavy atom. The highest BCUT2D eigenvalue weighted by Crippen LogP contribution is 2.39. The number of rotatable bonds is 2. The molecule has 1 saturated heterocycles. The molecule has 1 amide bonds. The van der Waals surface area contributed by atoms with Gasteiger partial charge in [-0.3, -0.25) is 4.79 Å². The van der Waals surface area contributed by atoms with Gasteiger partial charge in [-0.2, -0.15) is 0 Å². The maximum absolute atomic E-state index is 11.5. The predicted molar refractivity (Wildman–Crippen MR) is 79.9 cm³/mol. The van der Waals surface area contributed by atoms with Crippen molar-refractivity contribution in [3.63, 3.8) is 0 Å². The Labute approximate surface area is 123 Å². The van der Waals surface area contributed by atoms with E-state index in [4.69, 9.17) is 0 Å². The average molecular weight is 285 g/mol. The maximum atomic E-state index is 11.5. The number of aromatic amines is 1. The minimum Gasteiger partial charge on any atom is -0.356 e. The van der Waals surface area contributed by atoms with Crippen molar-refractivity contribution in [2.75, 3.05) is 18.5 Å². The first kappa shape index (κ1) is 12.6. The molecule has 110 valence electrons. The van der Waals surface area contributed by atoms with Gasteiger partial charge in [0, 0.05) is 32.3 Å². The number of fused-ring (bicyclic) bond motifs is 2. The summed E-state index contributed by atoms with van der Waals surface area (Å²) in [5.41, 5.74) is 0.874. The minimum absolute atomic E-state index is 0.203. The fourth-order valence-corrected chi connectivity index (χ4v) is 3.86. The minimum atomic E-state index is 0.203. The Morgan fingerprint density at radius 1 is 1.29 bits per heavy atom. The van der Waals surface area contributed by atoms with Crippen LogP contribution in [0.15, 0.2) is 18.6 Å². The third-order valence-electron chi connectivity index (χ3n) is 5.04. The fraction of sp³-hybridized carbons (Fsp3) is 0.533. The number of hydrogen-bond acceptors (Lipinski definition) is 4. The number of hydrogen-bond donors (Lipinski definition) is 2. The molecule has 0 spiro atoms. The smallest absolute Gasteiger partial charge is 0.220 e. The standard InChI is InChI=1S/C15H19N5O/c1-20(15-12-2-3-16-14(12)18-8-19-15)11-4-9-6-13(21)17-7-10(9)5-11/h2-3,8-11H,4-7H2,1H3,(H,17,21)(H,16,18,19)/t9-,10?,11-/m1/s1. The van der Waals surface area contributed by atoms with Crippen molar-refractivity contribution >= 4 is 22.8 Å². The van der Waals surface area contributed by atoms with Crippen LogP contribution in [0.1, 0.15) is 19.3 Å². The van der Waals surface area contributed by atoms with Crippen LogP contribution in [0.5, 0.6) is 0 Å². The zero-order chi connectivity index (χ0) is 14.4. The quantitative estimate of drug-likeness (QED) is 0.872. The molecule has 2 aliphatic rings. The topological polar surface area (TPSA) is 73.9 Å². The summed E-state index contributed by atoms with van der Waals surface area (Å²) in [5, 5.41) is 4.05. The predicted octanol–water partition coefficient (Wildman–Crippen LogP) is 1.31. The van der Waals surface area contributed by atoms with E-state index in [-0.39, 0.29) is 5.91 Å². The highest BCUT2D eigenvalue weighted by molar-refractivity contribution is 5.87. The van der Waals surface area contributed by atoms with Gasteiger partial charge in [-0.15, -0.1) is 0 Å². The molecule has 2 aromatic rings. The monoisotopic (exact) mass is 285 g/mol. The van der Waals surface area contributed by atoms with E-state index in [0.29, 0.717) is 24.3 Å². The van der Waals surface area contributed by atoms with Crippen molar-refractivity contribution in [3.8, 4) is 0 Å². The second-order valence-corrected chi connectivity index (χ2v) is 6.20. The van der Waals surface area contributed by atoms with Crippen LogP contribution in [0.3, 0.4) is 0 Å². The van der Waals surface area contributed by atoms with Crippen LogP contribution in [0.2, 0.25) is 0 Å². The molecule has 1 aliphatic heterocycles. The molecule has 6 nitrogen and oxygen atoms in total. The molecule has 6 heteroatoms. The lowest BCUT2D eigenvalue weighted by molar-refractivity contribution is -0.124. The Bertz CT molecular complexity index is 682. The molecule has 0 radical (unpaired) electrons. The van der Waals surface area contributed by atoms with Crippen LogP contribution in [0.25, 0.3) is 11.0 Å². The molecule has 21 heavy (non-hydrogen) atoms. The number of aromatic nitrogens is 3. The third kappa shape index (κ3) is 2.05. The van der Waals surface area contributed by atoms with Gasteiger partial charge >= 0.3 is 0 Å². The summed E-state index contributed by atoms with van der Waals surface area (Å²) < 4.78 is 0. The molecule has 2 fully saturated rings. The highest BCUT2D eigenvalue weighted by Gasteiger charge is 2.40. The number of amides is 1. The van der Waals surface area contributed by atoms with Gasteiger partial charge in [0.15, 0.2) is 0 Å². The first-order chi connectivity index (χ1) is 10.2. The summed E-state index contributed by atoms with van der Waals surface area (Å²) in [7, 11) is 2.10. The van der Waals surface area contributed by atoms with Crippen molar-refractivity contribution in [3.05, 3.63) is 18.6 Å². The van der Waals surface area contributed by atoms with Crippen LogP contribution in [-0.4, -0.2) is 40.5 Å². The Kier molecular flexibility index (Phi) is 2.83. The molecule has 2 N–H and O–H groups in total. The van der Waals surface area contributed by atoms with Crippen molar-refractivity contribution in [2.45, 2.75) is 25.3 Å². The van der Waals surface area contributed by atoms with E-state index in [1.165, 1.54) is 0 Å². The number of nitrogens with one attached hydrogen (secondary N) is 2. The second-order valence-electron chi connectivity index (χ2n) is 6.20. The van der Waals surface area contributed by atoms with Crippen LogP contribution in [0, 0.1) is 11.8 Å². The van der Waals surface area contributed by atoms with Gasteiger partial charge in [-0.1, -0.05) is 0 Å². The zero-order valence-corrected chi connectivity index (χ0v) is 12.0. The number of carbonyl (C=O) groups is 1. The van der Waals surface area contributed by atoms with Gasteiger partial charge in [-0.25, -0.2) is 9.97 Å². The lowest BCUT2D eigenvalue weighted by atomic mass is 9.89. The van der Waals surface area contributed by atoms with E-state index in [1.807, 2.05) is 12.3 Å². The third-order valence-corrected chi connectivity index (χ3v) is 5.04. The molecule has 0 bridgehead atoms. The highest BCUT2D eigenvalue weighted by atomic mass is 16.1. The second kappa shape index (κ2) is 4.72. The number of piperidine rings is 1. The maximum Gasteiger partial charge on any atom is 0.220 e. The summed E-state index contributed by atoms with van der Waals surface area (Å²) in [6.07, 6.45) is 6.38. The Balaban J connectivity index is 1.59. The van der Waals surface area contributed by atoms with Gasteiger partial charge in [0.25, 0.3) is 0 Å².